The van der Waals surface area contributed by atoms with E-state index in [9.17, 15) is 0 Å². The van der Waals surface area contributed by atoms with E-state index in [0.717, 1.165) is 12.3 Å². The summed E-state index contributed by atoms with van der Waals surface area (Å²) >= 11 is 1.89. The molecule has 1 aromatic carbocycles. The number of hydrogen-bond donors (Lipinski definition) is 0. The van der Waals surface area contributed by atoms with E-state index in [-0.39, 0.29) is 0 Å². The van der Waals surface area contributed by atoms with Crippen LogP contribution in [-0.4, -0.2) is 18.6 Å². The normalized spacial score (nSPS) is 20.1. The molecule has 21 heavy (non-hydrogen) atoms. The number of likely N-dealkylation sites (tertiary alicyclic amines) is 1. The van der Waals surface area contributed by atoms with Crippen molar-refractivity contribution in [2.24, 2.45) is 0 Å². The monoisotopic (exact) mass is 301 g/mol. The Labute approximate surface area is 131 Å². The predicted molar refractivity (Wildman–Crippen MR) is 88.9 cm³/mol. The van der Waals surface area contributed by atoms with Gasteiger partial charge >= 0.3 is 0 Å². The Hall–Kier alpha value is -1.32. The van der Waals surface area contributed by atoms with Crippen LogP contribution in [0.1, 0.15) is 42.2 Å². The van der Waals surface area contributed by atoms with Crippen molar-refractivity contribution < 1.29 is 4.74 Å². The molecular formula is C18H23NOS. The first-order valence-corrected chi connectivity index (χ1v) is 8.66. The van der Waals surface area contributed by atoms with Crippen molar-refractivity contribution in [1.82, 2.24) is 4.90 Å². The summed E-state index contributed by atoms with van der Waals surface area (Å²) in [5.74, 6) is 1.01. The molecule has 1 aromatic heterocycles. The molecule has 112 valence electrons. The van der Waals surface area contributed by atoms with Crippen molar-refractivity contribution in [2.45, 2.75) is 38.3 Å². The fourth-order valence-corrected chi connectivity index (χ4v) is 4.11. The summed E-state index contributed by atoms with van der Waals surface area (Å²) in [7, 11) is 1.76. The molecule has 0 amide bonds. The van der Waals surface area contributed by atoms with Gasteiger partial charge in [0.05, 0.1) is 7.11 Å². The van der Waals surface area contributed by atoms with Crippen LogP contribution in [0.4, 0.5) is 0 Å². The predicted octanol–water partition coefficient (Wildman–Crippen LogP) is 4.87. The summed E-state index contributed by atoms with van der Waals surface area (Å²) in [6.07, 6.45) is 5.27. The van der Waals surface area contributed by atoms with Gasteiger partial charge in [-0.2, -0.15) is 0 Å². The van der Waals surface area contributed by atoms with Crippen LogP contribution >= 0.6 is 11.3 Å². The van der Waals surface area contributed by atoms with Crippen molar-refractivity contribution in [3.8, 4) is 5.75 Å². The average molecular weight is 301 g/mol. The quantitative estimate of drug-likeness (QED) is 0.798. The van der Waals surface area contributed by atoms with Gasteiger partial charge in [0.15, 0.2) is 0 Å². The van der Waals surface area contributed by atoms with Crippen LogP contribution < -0.4 is 4.74 Å². The number of nitrogens with zero attached hydrogens (tertiary/aromatic N) is 1. The van der Waals surface area contributed by atoms with Crippen LogP contribution in [-0.2, 0) is 6.54 Å². The van der Waals surface area contributed by atoms with E-state index in [2.05, 4.69) is 40.6 Å². The van der Waals surface area contributed by atoms with Crippen molar-refractivity contribution >= 4 is 11.3 Å². The van der Waals surface area contributed by atoms with Gasteiger partial charge in [0.2, 0.25) is 0 Å². The van der Waals surface area contributed by atoms with Crippen LogP contribution in [0.15, 0.2) is 41.8 Å². The maximum Gasteiger partial charge on any atom is 0.123 e. The summed E-state index contributed by atoms with van der Waals surface area (Å²) < 4.78 is 5.52. The largest absolute Gasteiger partial charge is 0.496 e. The lowest BCUT2D eigenvalue weighted by molar-refractivity contribution is 0.193. The summed E-state index contributed by atoms with van der Waals surface area (Å²) in [6.45, 7) is 2.16. The third-order valence-corrected chi connectivity index (χ3v) is 5.27. The molecule has 0 aliphatic carbocycles. The third kappa shape index (κ3) is 3.47. The van der Waals surface area contributed by atoms with E-state index in [1.54, 1.807) is 7.11 Å². The Balaban J connectivity index is 1.83. The number of para-hydroxylation sites is 1. The Morgan fingerprint density at radius 3 is 2.86 bits per heavy atom. The average Bonchev–Trinajstić information content (AvgIpc) is 2.95. The second kappa shape index (κ2) is 7.10. The van der Waals surface area contributed by atoms with Gasteiger partial charge < -0.3 is 4.74 Å². The Morgan fingerprint density at radius 1 is 1.14 bits per heavy atom. The van der Waals surface area contributed by atoms with E-state index in [1.807, 2.05) is 17.4 Å². The van der Waals surface area contributed by atoms with Gasteiger partial charge in [-0.1, -0.05) is 37.1 Å². The van der Waals surface area contributed by atoms with Crippen molar-refractivity contribution in [1.29, 1.82) is 0 Å². The summed E-state index contributed by atoms with van der Waals surface area (Å²) in [5, 5.41) is 2.20. The first-order chi connectivity index (χ1) is 10.4. The van der Waals surface area contributed by atoms with Crippen LogP contribution in [0.2, 0.25) is 0 Å². The Bertz CT molecular complexity index is 552. The first kappa shape index (κ1) is 14.6. The van der Waals surface area contributed by atoms with E-state index in [1.165, 1.54) is 42.7 Å². The molecule has 0 unspecified atom stereocenters. The highest BCUT2D eigenvalue weighted by Gasteiger charge is 2.24. The molecule has 0 N–H and O–H groups in total. The van der Waals surface area contributed by atoms with Crippen LogP contribution in [0, 0.1) is 0 Å². The van der Waals surface area contributed by atoms with Gasteiger partial charge in [-0.25, -0.2) is 0 Å². The smallest absolute Gasteiger partial charge is 0.123 e. The molecule has 1 atom stereocenters. The Kier molecular flexibility index (Phi) is 4.94. The van der Waals surface area contributed by atoms with E-state index in [0.29, 0.717) is 6.04 Å². The van der Waals surface area contributed by atoms with Crippen molar-refractivity contribution in [3.63, 3.8) is 0 Å². The summed E-state index contributed by atoms with van der Waals surface area (Å²) in [6, 6.07) is 13.4. The molecule has 2 heterocycles. The van der Waals surface area contributed by atoms with E-state index < -0.39 is 0 Å². The molecule has 1 aliphatic rings. The summed E-state index contributed by atoms with van der Waals surface area (Å²) in [4.78, 5) is 4.14. The minimum Gasteiger partial charge on any atom is -0.496 e. The topological polar surface area (TPSA) is 12.5 Å². The van der Waals surface area contributed by atoms with Gasteiger partial charge in [-0.3, -0.25) is 4.90 Å². The molecule has 0 saturated carbocycles. The molecule has 3 heteroatoms. The number of benzene rings is 1. The standard InChI is InChI=1S/C18H23NOS/c1-20-17-10-5-4-8-15(17)14-19-12-6-2-3-9-16(19)18-11-7-13-21-18/h4-5,7-8,10-11,13,16H,2-3,6,9,12,14H2,1H3/t16-/m1/s1. The van der Waals surface area contributed by atoms with Crippen LogP contribution in [0.3, 0.4) is 0 Å². The van der Waals surface area contributed by atoms with E-state index in [4.69, 9.17) is 4.74 Å². The molecular weight excluding hydrogens is 278 g/mol. The fraction of sp³-hybridized carbons (Fsp3) is 0.444. The molecule has 0 radical (unpaired) electrons. The molecule has 1 fully saturated rings. The number of ether oxygens (including phenoxy) is 1. The number of rotatable bonds is 4. The molecule has 0 bridgehead atoms. The minimum absolute atomic E-state index is 0.567. The van der Waals surface area contributed by atoms with Crippen molar-refractivity contribution in [3.05, 3.63) is 52.2 Å². The lowest BCUT2D eigenvalue weighted by Gasteiger charge is -2.29. The molecule has 1 saturated heterocycles. The van der Waals surface area contributed by atoms with Gasteiger partial charge in [-0.15, -0.1) is 11.3 Å². The second-order valence-corrected chi connectivity index (χ2v) is 6.64. The first-order valence-electron chi connectivity index (χ1n) is 7.78. The summed E-state index contributed by atoms with van der Waals surface area (Å²) in [5.41, 5.74) is 1.29. The second-order valence-electron chi connectivity index (χ2n) is 5.66. The lowest BCUT2D eigenvalue weighted by Crippen LogP contribution is -2.27. The van der Waals surface area contributed by atoms with E-state index >= 15 is 0 Å². The maximum absolute atomic E-state index is 5.52. The lowest BCUT2D eigenvalue weighted by atomic mass is 10.1. The maximum atomic E-state index is 5.52. The number of methoxy groups -OCH3 is 1. The van der Waals surface area contributed by atoms with Crippen LogP contribution in [0.25, 0.3) is 0 Å². The van der Waals surface area contributed by atoms with Gasteiger partial charge in [0, 0.05) is 23.0 Å². The highest BCUT2D eigenvalue weighted by atomic mass is 32.1. The zero-order valence-corrected chi connectivity index (χ0v) is 13.4. The molecule has 0 spiro atoms. The number of hydrogen-bond acceptors (Lipinski definition) is 3. The van der Waals surface area contributed by atoms with Gasteiger partial charge in [0.25, 0.3) is 0 Å². The zero-order valence-electron chi connectivity index (χ0n) is 12.6. The van der Waals surface area contributed by atoms with Crippen LogP contribution in [0.5, 0.6) is 5.75 Å². The molecule has 2 nitrogen and oxygen atoms in total. The fourth-order valence-electron chi connectivity index (χ4n) is 3.21. The number of thiophene rings is 1. The minimum atomic E-state index is 0.567. The third-order valence-electron chi connectivity index (χ3n) is 4.30. The highest BCUT2D eigenvalue weighted by molar-refractivity contribution is 7.10. The molecule has 1 aliphatic heterocycles. The molecule has 2 aromatic rings. The SMILES string of the molecule is COc1ccccc1CN1CCCCC[C@@H]1c1cccs1. The zero-order chi connectivity index (χ0) is 14.5. The Morgan fingerprint density at radius 2 is 2.05 bits per heavy atom. The van der Waals surface area contributed by atoms with Gasteiger partial charge in [0.1, 0.15) is 5.75 Å². The molecule has 3 rings (SSSR count). The van der Waals surface area contributed by atoms with Crippen molar-refractivity contribution in [2.75, 3.05) is 13.7 Å². The highest BCUT2D eigenvalue weighted by Crippen LogP contribution is 2.34. The van der Waals surface area contributed by atoms with Gasteiger partial charge in [-0.05, 0) is 36.9 Å².